The Morgan fingerprint density at radius 2 is 2.00 bits per heavy atom. The molecule has 4 aliphatic carbocycles. The molecule has 6 nitrogen and oxygen atoms in total. The molecule has 0 radical (unpaired) electrons. The molecule has 4 fully saturated rings. The van der Waals surface area contributed by atoms with E-state index in [1.165, 1.54) is 0 Å². The summed E-state index contributed by atoms with van der Waals surface area (Å²) < 4.78 is 35.1. The van der Waals surface area contributed by atoms with E-state index in [9.17, 15) is 24.1 Å². The van der Waals surface area contributed by atoms with E-state index in [4.69, 9.17) is 4.74 Å². The first-order valence-corrected chi connectivity index (χ1v) is 8.17. The molecule has 4 saturated carbocycles. The van der Waals surface area contributed by atoms with Gasteiger partial charge in [-0.05, 0) is 50.4 Å². The monoisotopic (exact) mass is 348 g/mol. The van der Waals surface area contributed by atoms with Crippen molar-refractivity contribution >= 4 is 18.0 Å². The minimum absolute atomic E-state index is 0.128. The molecule has 0 aromatic heterocycles. The highest BCUT2D eigenvalue weighted by Crippen LogP contribution is 2.65. The molecule has 0 N–H and O–H groups in total. The largest absolute Gasteiger partial charge is 0.691 e. The summed E-state index contributed by atoms with van der Waals surface area (Å²) in [5, 5.41) is 17.9. The number of nitriles is 1. The highest BCUT2D eigenvalue weighted by Gasteiger charge is 2.59. The van der Waals surface area contributed by atoms with E-state index >= 15 is 0 Å². The number of esters is 1. The van der Waals surface area contributed by atoms with Crippen molar-refractivity contribution in [3.63, 3.8) is 0 Å². The molecular formula is C14H16F2NO5S-. The fourth-order valence-corrected chi connectivity index (χ4v) is 5.39. The van der Waals surface area contributed by atoms with E-state index in [1.54, 1.807) is 0 Å². The second-order valence-electron chi connectivity index (χ2n) is 7.17. The van der Waals surface area contributed by atoms with Crippen LogP contribution in [-0.4, -0.2) is 17.8 Å². The third kappa shape index (κ3) is 3.18. The first kappa shape index (κ1) is 16.9. The lowest BCUT2D eigenvalue weighted by Crippen LogP contribution is -2.53. The van der Waals surface area contributed by atoms with Gasteiger partial charge in [0, 0.05) is 5.41 Å². The fourth-order valence-electron chi connectivity index (χ4n) is 5.15. The Hall–Kier alpha value is -0.950. The molecule has 0 aromatic rings. The Morgan fingerprint density at radius 3 is 2.57 bits per heavy atom. The summed E-state index contributed by atoms with van der Waals surface area (Å²) in [6.07, 6.45) is 4.99. The van der Waals surface area contributed by atoms with Crippen LogP contribution in [0.4, 0.5) is 8.78 Å². The van der Waals surface area contributed by atoms with Crippen molar-refractivity contribution in [2.24, 2.45) is 22.7 Å². The van der Waals surface area contributed by atoms with Crippen molar-refractivity contribution in [1.82, 2.24) is 0 Å². The minimum Gasteiger partial charge on any atom is -0.691 e. The summed E-state index contributed by atoms with van der Waals surface area (Å²) in [6.45, 7) is -0.128. The van der Waals surface area contributed by atoms with Crippen molar-refractivity contribution in [3.05, 3.63) is 0 Å². The Labute approximate surface area is 136 Å². The quantitative estimate of drug-likeness (QED) is 0.314. The number of hydrogen-bond donors (Lipinski definition) is 0. The topological polar surface area (TPSA) is 91.6 Å². The molecule has 0 spiro atoms. The molecule has 2 unspecified atom stereocenters. The number of hydrogen-bond acceptors (Lipinski definition) is 7. The third-order valence-corrected chi connectivity index (χ3v) is 5.83. The summed E-state index contributed by atoms with van der Waals surface area (Å²) in [5.74, 6) is -0.954. The van der Waals surface area contributed by atoms with Crippen LogP contribution in [0.2, 0.25) is 0 Å². The molecule has 128 valence electrons. The number of carbonyl (C=O) groups excluding carboxylic acids is 1. The van der Waals surface area contributed by atoms with Crippen molar-refractivity contribution < 1.29 is 32.9 Å². The van der Waals surface area contributed by atoms with Gasteiger partial charge in [0.05, 0.1) is 18.1 Å². The Balaban J connectivity index is 1.64. The van der Waals surface area contributed by atoms with Gasteiger partial charge in [-0.15, -0.1) is 0 Å². The first-order chi connectivity index (χ1) is 10.8. The van der Waals surface area contributed by atoms with Gasteiger partial charge < -0.3 is 9.99 Å². The van der Waals surface area contributed by atoms with Crippen LogP contribution in [0.25, 0.3) is 0 Å². The molecule has 0 amide bonds. The number of ether oxygens (including phenoxy) is 1. The van der Waals surface area contributed by atoms with E-state index in [2.05, 4.69) is 15.4 Å². The van der Waals surface area contributed by atoms with Crippen LogP contribution < -0.4 is 5.26 Å². The lowest BCUT2D eigenvalue weighted by molar-refractivity contribution is -0.777. The zero-order valence-electron chi connectivity index (χ0n) is 12.3. The number of carbonyl (C=O) groups is 1. The number of rotatable bonds is 6. The summed E-state index contributed by atoms with van der Waals surface area (Å²) in [4.78, 5) is 11.5. The molecule has 0 aliphatic heterocycles. The van der Waals surface area contributed by atoms with Crippen molar-refractivity contribution in [2.45, 2.75) is 43.8 Å². The Morgan fingerprint density at radius 1 is 1.35 bits per heavy atom. The van der Waals surface area contributed by atoms with Gasteiger partial charge in [0.1, 0.15) is 12.0 Å². The third-order valence-electron chi connectivity index (χ3n) is 5.33. The first-order valence-electron chi connectivity index (χ1n) is 7.43. The van der Waals surface area contributed by atoms with Gasteiger partial charge in [0.15, 0.2) is 0 Å². The highest BCUT2D eigenvalue weighted by atomic mass is 32.2. The van der Waals surface area contributed by atoms with Gasteiger partial charge in [0.25, 0.3) is 0 Å². The van der Waals surface area contributed by atoms with Gasteiger partial charge >= 0.3 is 11.2 Å². The molecule has 4 aliphatic rings. The van der Waals surface area contributed by atoms with Crippen LogP contribution in [0.3, 0.4) is 0 Å². The summed E-state index contributed by atoms with van der Waals surface area (Å²) in [6, 6.07) is 2.42. The van der Waals surface area contributed by atoms with Gasteiger partial charge in [-0.3, -0.25) is 5.04 Å². The lowest BCUT2D eigenvalue weighted by Gasteiger charge is -2.59. The van der Waals surface area contributed by atoms with Gasteiger partial charge in [0.2, 0.25) is 0 Å². The van der Waals surface area contributed by atoms with Crippen molar-refractivity contribution in [2.75, 3.05) is 6.61 Å². The van der Waals surface area contributed by atoms with Gasteiger partial charge in [-0.25, -0.2) is 4.79 Å². The molecular weight excluding hydrogens is 332 g/mol. The molecule has 23 heavy (non-hydrogen) atoms. The van der Waals surface area contributed by atoms with E-state index in [1.807, 2.05) is 0 Å². The Kier molecular flexibility index (Phi) is 4.29. The summed E-state index contributed by atoms with van der Waals surface area (Å²) in [7, 11) is 0. The van der Waals surface area contributed by atoms with E-state index in [0.717, 1.165) is 32.1 Å². The Bertz CT molecular complexity index is 524. The van der Waals surface area contributed by atoms with Crippen LogP contribution in [0.1, 0.15) is 38.5 Å². The van der Waals surface area contributed by atoms with E-state index in [-0.39, 0.29) is 12.0 Å². The maximum absolute atomic E-state index is 13.4. The van der Waals surface area contributed by atoms with Crippen molar-refractivity contribution in [3.8, 4) is 6.07 Å². The number of nitrogens with zero attached hydrogens (tertiary/aromatic N) is 1. The SMILES string of the molecule is N#CC12CC3CC(C1)CC(COC(=O)C(F)(F)SOO[O-])(C3)C2. The van der Waals surface area contributed by atoms with Crippen LogP contribution >= 0.6 is 12.0 Å². The molecule has 4 rings (SSSR count). The zero-order valence-corrected chi connectivity index (χ0v) is 13.1. The predicted octanol–water partition coefficient (Wildman–Crippen LogP) is 2.10. The smallest absolute Gasteiger partial charge is 0.415 e. The van der Waals surface area contributed by atoms with Crippen LogP contribution in [-0.2, 0) is 18.9 Å². The maximum atomic E-state index is 13.4. The minimum atomic E-state index is -4.01. The van der Waals surface area contributed by atoms with Crippen LogP contribution in [0.15, 0.2) is 0 Å². The highest BCUT2D eigenvalue weighted by molar-refractivity contribution is 7.96. The fraction of sp³-hybridized carbons (Fsp3) is 0.857. The summed E-state index contributed by atoms with van der Waals surface area (Å²) >= 11 is -0.687. The molecule has 4 bridgehead atoms. The molecule has 0 aromatic carbocycles. The van der Waals surface area contributed by atoms with Crippen molar-refractivity contribution in [1.29, 1.82) is 5.26 Å². The predicted molar refractivity (Wildman–Crippen MR) is 70.8 cm³/mol. The maximum Gasteiger partial charge on any atom is 0.415 e. The second kappa shape index (κ2) is 5.84. The average molecular weight is 348 g/mol. The second-order valence-corrected chi connectivity index (χ2v) is 7.98. The number of alkyl halides is 2. The normalized spacial score (nSPS) is 38.3. The molecule has 0 saturated heterocycles. The summed E-state index contributed by atoms with van der Waals surface area (Å²) in [5.41, 5.74) is -0.778. The molecule has 2 atom stereocenters. The molecule has 0 heterocycles. The lowest BCUT2D eigenvalue weighted by atomic mass is 9.45. The van der Waals surface area contributed by atoms with E-state index < -0.39 is 28.7 Å². The van der Waals surface area contributed by atoms with Crippen LogP contribution in [0.5, 0.6) is 0 Å². The average Bonchev–Trinajstić information content (AvgIpc) is 2.49. The van der Waals surface area contributed by atoms with Gasteiger partial charge in [-0.1, -0.05) is 0 Å². The number of halogens is 2. The standard InChI is InChI=1S/C14H17F2NO5S/c15-14(16,23-22-21-19)11(18)20-8-13-4-9-1-10(5-13)3-12(2-9,6-13)7-17/h9-10,19H,1-6,8H2/p-1. The van der Waals surface area contributed by atoms with Crippen LogP contribution in [0, 0.1) is 34.0 Å². The molecule has 9 heteroatoms. The van der Waals surface area contributed by atoms with Gasteiger partial charge in [-0.2, -0.15) is 18.4 Å². The van der Waals surface area contributed by atoms with E-state index in [0.29, 0.717) is 18.3 Å². The zero-order chi connectivity index (χ0) is 16.7.